The van der Waals surface area contributed by atoms with Crippen molar-refractivity contribution in [2.24, 2.45) is 0 Å². The van der Waals surface area contributed by atoms with Gasteiger partial charge in [0.1, 0.15) is 0 Å². The molecule has 8 aromatic carbocycles. The first-order chi connectivity index (χ1) is 32.2. The average molecular weight is 903 g/mol. The molecule has 3 heterocycles. The number of rotatable bonds is 4. The lowest BCUT2D eigenvalue weighted by atomic mass is 9.33. The predicted octanol–water partition coefficient (Wildman–Crippen LogP) is 16.7. The van der Waals surface area contributed by atoms with Crippen molar-refractivity contribution < 1.29 is 0 Å². The van der Waals surface area contributed by atoms with Crippen LogP contribution in [0.5, 0.6) is 0 Å². The van der Waals surface area contributed by atoms with Crippen molar-refractivity contribution in [2.45, 2.75) is 105 Å². The Kier molecular flexibility index (Phi) is 10.1. The summed E-state index contributed by atoms with van der Waals surface area (Å²) in [4.78, 5) is 5.24. The summed E-state index contributed by atoms with van der Waals surface area (Å²) in [6.45, 7) is 28.1. The molecule has 0 radical (unpaired) electrons. The van der Waals surface area contributed by atoms with Crippen molar-refractivity contribution in [1.29, 1.82) is 0 Å². The highest BCUT2D eigenvalue weighted by Gasteiger charge is 2.45. The molecule has 68 heavy (non-hydrogen) atoms. The number of anilines is 6. The summed E-state index contributed by atoms with van der Waals surface area (Å²) < 4.78 is 2.66. The highest BCUT2D eigenvalue weighted by Crippen LogP contribution is 2.50. The predicted molar refractivity (Wildman–Crippen MR) is 299 cm³/mol. The van der Waals surface area contributed by atoms with Gasteiger partial charge in [0.15, 0.2) is 0 Å². The van der Waals surface area contributed by atoms with E-state index in [1.807, 2.05) is 11.3 Å². The molecular formula is C64H63BN2S. The minimum atomic E-state index is -0.132. The molecule has 0 N–H and O–H groups in total. The molecule has 0 amide bonds. The fourth-order valence-electron chi connectivity index (χ4n) is 10.6. The largest absolute Gasteiger partial charge is 0.311 e. The molecule has 2 nitrogen and oxygen atoms in total. The van der Waals surface area contributed by atoms with E-state index in [1.54, 1.807) is 0 Å². The minimum Gasteiger partial charge on any atom is -0.311 e. The summed E-state index contributed by atoms with van der Waals surface area (Å²) in [5.41, 5.74) is 21.4. The van der Waals surface area contributed by atoms with Crippen LogP contribution in [0.15, 0.2) is 164 Å². The summed E-state index contributed by atoms with van der Waals surface area (Å²) in [7, 11) is 0. The van der Waals surface area contributed by atoms with E-state index in [2.05, 4.69) is 257 Å². The normalized spacial score (nSPS) is 13.8. The van der Waals surface area contributed by atoms with Crippen LogP contribution in [0.1, 0.15) is 105 Å². The van der Waals surface area contributed by atoms with Gasteiger partial charge in [0.25, 0.3) is 6.71 Å². The Morgan fingerprint density at radius 1 is 0.353 bits per heavy atom. The van der Waals surface area contributed by atoms with E-state index in [9.17, 15) is 0 Å². The van der Waals surface area contributed by atoms with E-state index >= 15 is 0 Å². The van der Waals surface area contributed by atoms with Crippen molar-refractivity contribution >= 4 is 88.7 Å². The van der Waals surface area contributed by atoms with Crippen LogP contribution in [0.25, 0.3) is 42.4 Å². The maximum atomic E-state index is 2.64. The Balaban J connectivity index is 1.19. The zero-order valence-electron chi connectivity index (χ0n) is 42.0. The number of hydrogen-bond acceptors (Lipinski definition) is 3. The molecule has 1 aromatic heterocycles. The van der Waals surface area contributed by atoms with Gasteiger partial charge in [-0.2, -0.15) is 0 Å². The Bertz CT molecular complexity index is 3440. The van der Waals surface area contributed by atoms with Gasteiger partial charge in [-0.3, -0.25) is 0 Å². The molecule has 338 valence electrons. The molecule has 0 atom stereocenters. The third-order valence-electron chi connectivity index (χ3n) is 14.7. The zero-order valence-corrected chi connectivity index (χ0v) is 42.8. The van der Waals surface area contributed by atoms with E-state index in [0.717, 1.165) is 5.69 Å². The fourth-order valence-corrected chi connectivity index (χ4v) is 11.8. The van der Waals surface area contributed by atoms with Crippen molar-refractivity contribution in [2.75, 3.05) is 9.80 Å². The van der Waals surface area contributed by atoms with Gasteiger partial charge < -0.3 is 9.80 Å². The van der Waals surface area contributed by atoms with E-state index in [4.69, 9.17) is 0 Å². The highest BCUT2D eigenvalue weighted by atomic mass is 32.1. The van der Waals surface area contributed by atoms with Crippen molar-refractivity contribution in [3.8, 4) is 22.3 Å². The summed E-state index contributed by atoms with van der Waals surface area (Å²) in [6, 6.07) is 63.2. The maximum Gasteiger partial charge on any atom is 0.252 e. The molecule has 11 rings (SSSR count). The summed E-state index contributed by atoms with van der Waals surface area (Å²) >= 11 is 1.88. The zero-order chi connectivity index (χ0) is 47.7. The van der Waals surface area contributed by atoms with Gasteiger partial charge in [0, 0.05) is 54.2 Å². The van der Waals surface area contributed by atoms with E-state index in [-0.39, 0.29) is 28.4 Å². The molecule has 2 aliphatic heterocycles. The lowest BCUT2D eigenvalue weighted by Crippen LogP contribution is -2.61. The molecule has 2 aliphatic rings. The Morgan fingerprint density at radius 3 is 1.47 bits per heavy atom. The number of fused-ring (bicyclic) bond motifs is 7. The second-order valence-corrected chi connectivity index (χ2v) is 24.6. The fraction of sp³-hybridized carbons (Fsp3) is 0.250. The maximum absolute atomic E-state index is 2.64. The molecule has 9 aromatic rings. The van der Waals surface area contributed by atoms with Crippen LogP contribution in [-0.4, -0.2) is 6.71 Å². The van der Waals surface area contributed by atoms with Crippen molar-refractivity contribution in [3.05, 3.63) is 186 Å². The second kappa shape index (κ2) is 15.6. The van der Waals surface area contributed by atoms with Gasteiger partial charge in [-0.15, -0.1) is 11.3 Å². The highest BCUT2D eigenvalue weighted by molar-refractivity contribution is 7.25. The molecule has 0 unspecified atom stereocenters. The van der Waals surface area contributed by atoms with Crippen LogP contribution >= 0.6 is 11.3 Å². The second-order valence-electron chi connectivity index (χ2n) is 23.5. The van der Waals surface area contributed by atoms with Gasteiger partial charge in [-0.05, 0) is 138 Å². The molecule has 4 heteroatoms. The lowest BCUT2D eigenvalue weighted by Gasteiger charge is -2.46. The standard InChI is InChI=1S/C64H63BN2S/c1-61(2,3)43-27-33-53(50(35-43)41-18-14-13-15-19-41)67-55-37-45(63(7,8)9)26-32-52(55)65-51-31-25-44(62(4,5)6)36-54(51)66(56-38-46(64(10,11)12)39-57(67)60(56)65)47-28-22-40(23-29-47)42-24-30-49-48-20-16-17-21-58(48)68-59(49)34-42/h13-39H,1-12H3. The van der Waals surface area contributed by atoms with E-state index in [0.29, 0.717) is 0 Å². The number of thiophene rings is 1. The first kappa shape index (κ1) is 44.2. The summed E-state index contributed by atoms with van der Waals surface area (Å²) in [6.07, 6.45) is 0. The molecule has 0 saturated carbocycles. The Morgan fingerprint density at radius 2 is 0.853 bits per heavy atom. The van der Waals surface area contributed by atoms with Crippen LogP contribution in [0.4, 0.5) is 34.1 Å². The third-order valence-corrected chi connectivity index (χ3v) is 15.8. The first-order valence-electron chi connectivity index (χ1n) is 24.5. The number of hydrogen-bond donors (Lipinski definition) is 0. The van der Waals surface area contributed by atoms with Gasteiger partial charge in [-0.25, -0.2) is 0 Å². The monoisotopic (exact) mass is 902 g/mol. The van der Waals surface area contributed by atoms with Crippen LogP contribution in [0.2, 0.25) is 0 Å². The van der Waals surface area contributed by atoms with Crippen LogP contribution < -0.4 is 26.2 Å². The number of benzene rings is 8. The quantitative estimate of drug-likeness (QED) is 0.162. The van der Waals surface area contributed by atoms with Crippen molar-refractivity contribution in [1.82, 2.24) is 0 Å². The van der Waals surface area contributed by atoms with Gasteiger partial charge in [0.2, 0.25) is 0 Å². The molecule has 0 saturated heterocycles. The summed E-state index contributed by atoms with van der Waals surface area (Å²) in [5.74, 6) is 0. The van der Waals surface area contributed by atoms with Gasteiger partial charge >= 0.3 is 0 Å². The minimum absolute atomic E-state index is 0.0191. The van der Waals surface area contributed by atoms with Gasteiger partial charge in [0.05, 0.1) is 5.69 Å². The van der Waals surface area contributed by atoms with Gasteiger partial charge in [-0.1, -0.05) is 186 Å². The average Bonchev–Trinajstić information content (AvgIpc) is 3.68. The Hall–Kier alpha value is -6.36. The van der Waals surface area contributed by atoms with E-state index in [1.165, 1.54) is 110 Å². The molecule has 0 aliphatic carbocycles. The topological polar surface area (TPSA) is 6.48 Å². The lowest BCUT2D eigenvalue weighted by molar-refractivity contribution is 0.589. The van der Waals surface area contributed by atoms with Crippen LogP contribution in [0, 0.1) is 0 Å². The molecule has 0 spiro atoms. The van der Waals surface area contributed by atoms with Crippen molar-refractivity contribution in [3.63, 3.8) is 0 Å². The number of nitrogens with zero attached hydrogens (tertiary/aromatic N) is 2. The SMILES string of the molecule is CC(C)(C)c1ccc(N2c3cc(C(C)(C)C)ccc3B3c4ccc(C(C)(C)C)cc4N(c4ccc(-c5ccc6c(c5)sc5ccccc56)cc4)c4cc(C(C)(C)C)cc2c43)c(-c2ccccc2)c1. The molecule has 0 fully saturated rings. The third kappa shape index (κ3) is 7.39. The Labute approximate surface area is 409 Å². The smallest absolute Gasteiger partial charge is 0.252 e. The van der Waals surface area contributed by atoms with E-state index < -0.39 is 0 Å². The summed E-state index contributed by atoms with van der Waals surface area (Å²) in [5, 5.41) is 2.66. The first-order valence-corrected chi connectivity index (χ1v) is 25.3. The van der Waals surface area contributed by atoms with Crippen LogP contribution in [-0.2, 0) is 21.7 Å². The van der Waals surface area contributed by atoms with Crippen LogP contribution in [0.3, 0.4) is 0 Å². The molecular weight excluding hydrogens is 840 g/mol. The molecule has 0 bridgehead atoms.